The number of hydrogen-bond donors (Lipinski definition) is 1. The summed E-state index contributed by atoms with van der Waals surface area (Å²) in [5, 5.41) is 0. The molecule has 0 amide bonds. The first-order valence-electron chi connectivity index (χ1n) is 5.36. The molecule has 0 radical (unpaired) electrons. The Morgan fingerprint density at radius 3 is 2.75 bits per heavy atom. The van der Waals surface area contributed by atoms with Crippen LogP contribution in [0.1, 0.15) is 18.1 Å². The molecule has 0 saturated heterocycles. The average Bonchev–Trinajstić information content (AvgIpc) is 2.29. The molecule has 0 atom stereocenters. The summed E-state index contributed by atoms with van der Waals surface area (Å²) in [6.07, 6.45) is 2.57. The summed E-state index contributed by atoms with van der Waals surface area (Å²) in [6.45, 7) is 4.20. The minimum Gasteiger partial charge on any atom is -0.346 e. The lowest BCUT2D eigenvalue weighted by atomic mass is 10.0. The molecule has 1 N–H and O–H groups in total. The molecule has 0 fully saturated rings. The number of aromatic nitrogens is 2. The molecule has 1 heterocycles. The highest BCUT2D eigenvalue weighted by Crippen LogP contribution is 2.24. The Kier molecular flexibility index (Phi) is 3.15. The van der Waals surface area contributed by atoms with Crippen LogP contribution in [0.25, 0.3) is 11.3 Å². The van der Waals surface area contributed by atoms with Crippen LogP contribution in [0.15, 0.2) is 30.6 Å². The van der Waals surface area contributed by atoms with Gasteiger partial charge in [0, 0.05) is 11.1 Å². The molecule has 2 aromatic rings. The van der Waals surface area contributed by atoms with E-state index in [1.54, 1.807) is 6.33 Å². The fourth-order valence-electron chi connectivity index (χ4n) is 1.85. The number of nitrogens with zero attached hydrogens (tertiary/aromatic N) is 1. The van der Waals surface area contributed by atoms with Gasteiger partial charge in [0.1, 0.15) is 4.64 Å². The zero-order valence-electron chi connectivity index (χ0n) is 9.45. The molecule has 0 aliphatic heterocycles. The smallest absolute Gasteiger partial charge is 0.133 e. The van der Waals surface area contributed by atoms with Crippen LogP contribution in [0, 0.1) is 11.6 Å². The third-order valence-corrected chi connectivity index (χ3v) is 3.07. The first-order valence-corrected chi connectivity index (χ1v) is 5.77. The van der Waals surface area contributed by atoms with E-state index in [2.05, 4.69) is 35.9 Å². The van der Waals surface area contributed by atoms with E-state index in [1.165, 1.54) is 11.1 Å². The zero-order chi connectivity index (χ0) is 11.5. The molecule has 0 saturated carbocycles. The van der Waals surface area contributed by atoms with Crippen LogP contribution in [-0.4, -0.2) is 9.97 Å². The Morgan fingerprint density at radius 2 is 2.06 bits per heavy atom. The Bertz CT molecular complexity index is 558. The summed E-state index contributed by atoms with van der Waals surface area (Å²) in [5.74, 6) is 0. The lowest BCUT2D eigenvalue weighted by Crippen LogP contribution is -1.96. The first-order chi connectivity index (χ1) is 7.74. The third-order valence-electron chi connectivity index (χ3n) is 2.72. The fraction of sp³-hybridized carbons (Fsp3) is 0.231. The van der Waals surface area contributed by atoms with Gasteiger partial charge in [0.2, 0.25) is 0 Å². The Balaban J connectivity index is 2.70. The summed E-state index contributed by atoms with van der Waals surface area (Å²) in [5.41, 5.74) is 4.66. The van der Waals surface area contributed by atoms with E-state index in [1.807, 2.05) is 12.1 Å². The maximum atomic E-state index is 5.25. The van der Waals surface area contributed by atoms with Gasteiger partial charge in [-0.15, -0.1) is 0 Å². The van der Waals surface area contributed by atoms with E-state index in [4.69, 9.17) is 12.2 Å². The van der Waals surface area contributed by atoms with Crippen molar-refractivity contribution in [3.05, 3.63) is 46.4 Å². The van der Waals surface area contributed by atoms with Crippen LogP contribution in [0.2, 0.25) is 0 Å². The summed E-state index contributed by atoms with van der Waals surface area (Å²) in [6, 6.07) is 8.29. The number of hydrogen-bond acceptors (Lipinski definition) is 2. The van der Waals surface area contributed by atoms with Crippen molar-refractivity contribution >= 4 is 12.2 Å². The predicted octanol–water partition coefficient (Wildman–Crippen LogP) is 3.68. The van der Waals surface area contributed by atoms with Crippen LogP contribution in [-0.2, 0) is 6.42 Å². The number of H-pyrrole nitrogens is 1. The molecular weight excluding hydrogens is 216 g/mol. The standard InChI is InChI=1S/C13H14N2S/c1-3-10-12(14-8-15-13(10)16)11-7-5-4-6-9(11)2/h4-8H,3H2,1-2H3,(H,14,15,16). The van der Waals surface area contributed by atoms with Gasteiger partial charge in [0.05, 0.1) is 12.0 Å². The highest BCUT2D eigenvalue weighted by Gasteiger charge is 2.07. The van der Waals surface area contributed by atoms with Gasteiger partial charge in [-0.25, -0.2) is 4.98 Å². The number of benzene rings is 1. The second kappa shape index (κ2) is 4.58. The van der Waals surface area contributed by atoms with Crippen molar-refractivity contribution in [2.75, 3.05) is 0 Å². The lowest BCUT2D eigenvalue weighted by Gasteiger charge is -2.09. The van der Waals surface area contributed by atoms with Crippen LogP contribution in [0.3, 0.4) is 0 Å². The van der Waals surface area contributed by atoms with Gasteiger partial charge in [0.15, 0.2) is 0 Å². The molecule has 0 spiro atoms. The van der Waals surface area contributed by atoms with Gasteiger partial charge in [-0.2, -0.15) is 0 Å². The van der Waals surface area contributed by atoms with Crippen LogP contribution < -0.4 is 0 Å². The molecule has 16 heavy (non-hydrogen) atoms. The van der Waals surface area contributed by atoms with Gasteiger partial charge in [0.25, 0.3) is 0 Å². The summed E-state index contributed by atoms with van der Waals surface area (Å²) in [7, 11) is 0. The normalized spacial score (nSPS) is 10.4. The molecule has 2 nitrogen and oxygen atoms in total. The summed E-state index contributed by atoms with van der Waals surface area (Å²) >= 11 is 5.25. The Hall–Kier alpha value is -1.48. The number of rotatable bonds is 2. The zero-order valence-corrected chi connectivity index (χ0v) is 10.3. The fourth-order valence-corrected chi connectivity index (χ4v) is 2.15. The third kappa shape index (κ3) is 1.91. The molecular formula is C13H14N2S. The number of nitrogens with one attached hydrogen (secondary N) is 1. The Labute approximate surface area is 100 Å². The molecule has 0 unspecified atom stereocenters. The molecule has 2 rings (SSSR count). The van der Waals surface area contributed by atoms with Crippen LogP contribution in [0.5, 0.6) is 0 Å². The van der Waals surface area contributed by atoms with Crippen molar-refractivity contribution in [1.82, 2.24) is 9.97 Å². The van der Waals surface area contributed by atoms with Crippen LogP contribution in [0.4, 0.5) is 0 Å². The second-order valence-electron chi connectivity index (χ2n) is 3.73. The molecule has 0 aliphatic rings. The second-order valence-corrected chi connectivity index (χ2v) is 4.12. The van der Waals surface area contributed by atoms with E-state index < -0.39 is 0 Å². The first kappa shape index (κ1) is 11.0. The topological polar surface area (TPSA) is 28.7 Å². The largest absolute Gasteiger partial charge is 0.346 e. The predicted molar refractivity (Wildman–Crippen MR) is 69.0 cm³/mol. The SMILES string of the molecule is CCc1c(-c2ccccc2C)[nH]cnc1=S. The van der Waals surface area contributed by atoms with Gasteiger partial charge in [-0.3, -0.25) is 0 Å². The van der Waals surface area contributed by atoms with E-state index in [0.717, 1.165) is 17.7 Å². The van der Waals surface area contributed by atoms with Gasteiger partial charge < -0.3 is 4.98 Å². The lowest BCUT2D eigenvalue weighted by molar-refractivity contribution is 1.03. The molecule has 82 valence electrons. The molecule has 0 aliphatic carbocycles. The van der Waals surface area contributed by atoms with E-state index in [-0.39, 0.29) is 0 Å². The minimum atomic E-state index is 0.694. The van der Waals surface area contributed by atoms with Crippen molar-refractivity contribution in [2.24, 2.45) is 0 Å². The van der Waals surface area contributed by atoms with Crippen LogP contribution >= 0.6 is 12.2 Å². The highest BCUT2D eigenvalue weighted by molar-refractivity contribution is 7.71. The summed E-state index contributed by atoms with van der Waals surface area (Å²) < 4.78 is 0.694. The maximum absolute atomic E-state index is 5.25. The van der Waals surface area contributed by atoms with E-state index in [0.29, 0.717) is 4.64 Å². The average molecular weight is 230 g/mol. The van der Waals surface area contributed by atoms with Crippen molar-refractivity contribution in [1.29, 1.82) is 0 Å². The van der Waals surface area contributed by atoms with E-state index >= 15 is 0 Å². The molecule has 0 bridgehead atoms. The van der Waals surface area contributed by atoms with Crippen molar-refractivity contribution in [2.45, 2.75) is 20.3 Å². The van der Waals surface area contributed by atoms with Gasteiger partial charge in [-0.05, 0) is 18.9 Å². The molecule has 1 aromatic heterocycles. The minimum absolute atomic E-state index is 0.694. The van der Waals surface area contributed by atoms with E-state index in [9.17, 15) is 0 Å². The highest BCUT2D eigenvalue weighted by atomic mass is 32.1. The Morgan fingerprint density at radius 1 is 1.31 bits per heavy atom. The monoisotopic (exact) mass is 230 g/mol. The van der Waals surface area contributed by atoms with Gasteiger partial charge >= 0.3 is 0 Å². The van der Waals surface area contributed by atoms with Crippen molar-refractivity contribution in [3.8, 4) is 11.3 Å². The number of aromatic amines is 1. The van der Waals surface area contributed by atoms with Crippen molar-refractivity contribution < 1.29 is 0 Å². The molecule has 1 aromatic carbocycles. The maximum Gasteiger partial charge on any atom is 0.133 e. The molecule has 3 heteroatoms. The number of aryl methyl sites for hydroxylation is 1. The summed E-state index contributed by atoms with van der Waals surface area (Å²) in [4.78, 5) is 7.33. The quantitative estimate of drug-likeness (QED) is 0.797. The van der Waals surface area contributed by atoms with Gasteiger partial charge in [-0.1, -0.05) is 43.4 Å². The van der Waals surface area contributed by atoms with Crippen molar-refractivity contribution in [3.63, 3.8) is 0 Å².